The number of thiazole rings is 1. The molecule has 1 atom stereocenters. The Hall–Kier alpha value is -1.15. The molecule has 0 amide bonds. The molecule has 0 aromatic carbocycles. The molecule has 0 N–H and O–H groups in total. The Morgan fingerprint density at radius 2 is 2.14 bits per heavy atom. The van der Waals surface area contributed by atoms with Gasteiger partial charge in [0.15, 0.2) is 15.0 Å². The average Bonchev–Trinajstić information content (AvgIpc) is 2.98. The van der Waals surface area contributed by atoms with Crippen LogP contribution in [0.2, 0.25) is 0 Å². The van der Waals surface area contributed by atoms with Gasteiger partial charge in [-0.15, -0.1) is 11.3 Å². The molecule has 6 nitrogen and oxygen atoms in total. The van der Waals surface area contributed by atoms with Crippen LogP contribution < -0.4 is 4.90 Å². The summed E-state index contributed by atoms with van der Waals surface area (Å²) in [6, 6.07) is 0. The molecule has 1 aromatic heterocycles. The van der Waals surface area contributed by atoms with Crippen LogP contribution in [0, 0.1) is 0 Å². The number of anilines is 1. The quantitative estimate of drug-likeness (QED) is 0.769. The summed E-state index contributed by atoms with van der Waals surface area (Å²) in [5, 5.41) is 0.837. The standard InChI is InChI=1S/C13H18N2O4S2/c1-2-19-12(16)9-3-4-10-11(9)14-13(20-10)15-5-7-21(17,18)8-6-15/h9H,2-8H2,1H3. The van der Waals surface area contributed by atoms with Crippen molar-refractivity contribution in [2.75, 3.05) is 36.1 Å². The number of carbonyl (C=O) groups is 1. The van der Waals surface area contributed by atoms with Gasteiger partial charge in [0.2, 0.25) is 0 Å². The zero-order valence-corrected chi connectivity index (χ0v) is 13.5. The van der Waals surface area contributed by atoms with E-state index in [4.69, 9.17) is 4.74 Å². The highest BCUT2D eigenvalue weighted by Gasteiger charge is 2.35. The molecule has 1 aliphatic heterocycles. The Morgan fingerprint density at radius 1 is 1.43 bits per heavy atom. The topological polar surface area (TPSA) is 76.6 Å². The smallest absolute Gasteiger partial charge is 0.315 e. The normalized spacial score (nSPS) is 23.9. The molecule has 2 heterocycles. The third-order valence-electron chi connectivity index (χ3n) is 3.89. The lowest BCUT2D eigenvalue weighted by Gasteiger charge is -2.26. The van der Waals surface area contributed by atoms with Crippen molar-refractivity contribution in [3.05, 3.63) is 10.6 Å². The second-order valence-corrected chi connectivity index (χ2v) is 8.65. The third kappa shape index (κ3) is 2.91. The van der Waals surface area contributed by atoms with Crippen LogP contribution in [0.4, 0.5) is 5.13 Å². The molecule has 1 aliphatic carbocycles. The molecule has 116 valence electrons. The number of fused-ring (bicyclic) bond motifs is 1. The molecular weight excluding hydrogens is 312 g/mol. The van der Waals surface area contributed by atoms with E-state index in [1.165, 1.54) is 0 Å². The molecule has 8 heteroatoms. The van der Waals surface area contributed by atoms with Crippen molar-refractivity contribution in [3.8, 4) is 0 Å². The van der Waals surface area contributed by atoms with Gasteiger partial charge < -0.3 is 9.64 Å². The molecule has 21 heavy (non-hydrogen) atoms. The number of aromatic nitrogens is 1. The lowest BCUT2D eigenvalue weighted by molar-refractivity contribution is -0.145. The summed E-state index contributed by atoms with van der Waals surface area (Å²) in [4.78, 5) is 19.7. The number of nitrogens with zero attached hydrogens (tertiary/aromatic N) is 2. The van der Waals surface area contributed by atoms with E-state index in [0.717, 1.165) is 28.5 Å². The first-order chi connectivity index (χ1) is 10.00. The van der Waals surface area contributed by atoms with Crippen molar-refractivity contribution in [1.82, 2.24) is 4.98 Å². The lowest BCUT2D eigenvalue weighted by atomic mass is 10.1. The van der Waals surface area contributed by atoms with Crippen LogP contribution in [0.25, 0.3) is 0 Å². The maximum atomic E-state index is 11.9. The number of rotatable bonds is 3. The highest BCUT2D eigenvalue weighted by molar-refractivity contribution is 7.91. The van der Waals surface area contributed by atoms with Gasteiger partial charge in [-0.3, -0.25) is 4.79 Å². The summed E-state index contributed by atoms with van der Waals surface area (Å²) in [5.74, 6) is -0.0929. The fourth-order valence-electron chi connectivity index (χ4n) is 2.73. The van der Waals surface area contributed by atoms with Crippen molar-refractivity contribution < 1.29 is 17.9 Å². The summed E-state index contributed by atoms with van der Waals surface area (Å²) in [6.45, 7) is 3.15. The van der Waals surface area contributed by atoms with Gasteiger partial charge in [-0.05, 0) is 19.8 Å². The first-order valence-corrected chi connectivity index (χ1v) is 9.75. The van der Waals surface area contributed by atoms with Crippen LogP contribution in [0.15, 0.2) is 0 Å². The molecule has 1 unspecified atom stereocenters. The number of ether oxygens (including phenoxy) is 1. The zero-order valence-electron chi connectivity index (χ0n) is 11.9. The van der Waals surface area contributed by atoms with Crippen LogP contribution in [0.5, 0.6) is 0 Å². The number of hydrogen-bond donors (Lipinski definition) is 0. The Morgan fingerprint density at radius 3 is 2.81 bits per heavy atom. The van der Waals surface area contributed by atoms with E-state index >= 15 is 0 Å². The third-order valence-corrected chi connectivity index (χ3v) is 6.69. The molecule has 0 spiro atoms. The van der Waals surface area contributed by atoms with Gasteiger partial charge in [-0.2, -0.15) is 0 Å². The largest absolute Gasteiger partial charge is 0.465 e. The summed E-state index contributed by atoms with van der Waals surface area (Å²) in [6.07, 6.45) is 1.62. The molecule has 1 saturated heterocycles. The fourth-order valence-corrected chi connectivity index (χ4v) is 5.12. The molecule has 1 fully saturated rings. The van der Waals surface area contributed by atoms with Gasteiger partial charge in [0.25, 0.3) is 0 Å². The molecule has 0 radical (unpaired) electrons. The molecule has 3 rings (SSSR count). The van der Waals surface area contributed by atoms with Gasteiger partial charge >= 0.3 is 5.97 Å². The first kappa shape index (κ1) is 14.8. The highest BCUT2D eigenvalue weighted by atomic mass is 32.2. The van der Waals surface area contributed by atoms with E-state index in [9.17, 15) is 13.2 Å². The molecule has 1 aromatic rings. The van der Waals surface area contributed by atoms with Crippen molar-refractivity contribution in [1.29, 1.82) is 0 Å². The van der Waals surface area contributed by atoms with Crippen LogP contribution in [0.3, 0.4) is 0 Å². The summed E-state index contributed by atoms with van der Waals surface area (Å²) < 4.78 is 28.0. The van der Waals surface area contributed by atoms with Crippen LogP contribution in [-0.4, -0.2) is 50.6 Å². The first-order valence-electron chi connectivity index (χ1n) is 7.12. The summed E-state index contributed by atoms with van der Waals surface area (Å²) in [7, 11) is -2.89. The van der Waals surface area contributed by atoms with Crippen LogP contribution in [-0.2, 0) is 25.8 Å². The van der Waals surface area contributed by atoms with Gasteiger partial charge in [0, 0.05) is 18.0 Å². The fraction of sp³-hybridized carbons (Fsp3) is 0.692. The number of carbonyl (C=O) groups excluding carboxylic acids is 1. The Balaban J connectivity index is 1.76. The predicted molar refractivity (Wildman–Crippen MR) is 80.7 cm³/mol. The molecular formula is C13H18N2O4S2. The maximum absolute atomic E-state index is 11.9. The van der Waals surface area contributed by atoms with E-state index in [-0.39, 0.29) is 23.4 Å². The van der Waals surface area contributed by atoms with Gasteiger partial charge in [0.1, 0.15) is 5.92 Å². The van der Waals surface area contributed by atoms with E-state index in [1.807, 2.05) is 4.90 Å². The molecule has 0 bridgehead atoms. The van der Waals surface area contributed by atoms with E-state index in [1.54, 1.807) is 18.3 Å². The average molecular weight is 330 g/mol. The monoisotopic (exact) mass is 330 g/mol. The van der Waals surface area contributed by atoms with E-state index < -0.39 is 9.84 Å². The Bertz CT molecular complexity index is 639. The minimum atomic E-state index is -2.89. The van der Waals surface area contributed by atoms with Gasteiger partial charge in [0.05, 0.1) is 23.8 Å². The van der Waals surface area contributed by atoms with E-state index in [2.05, 4.69) is 4.98 Å². The van der Waals surface area contributed by atoms with Crippen LogP contribution >= 0.6 is 11.3 Å². The predicted octanol–water partition coefficient (Wildman–Crippen LogP) is 0.971. The van der Waals surface area contributed by atoms with Crippen LogP contribution in [0.1, 0.15) is 29.8 Å². The van der Waals surface area contributed by atoms with E-state index in [0.29, 0.717) is 19.7 Å². The van der Waals surface area contributed by atoms with Crippen molar-refractivity contribution in [2.24, 2.45) is 0 Å². The maximum Gasteiger partial charge on any atom is 0.315 e. The zero-order chi connectivity index (χ0) is 15.0. The van der Waals surface area contributed by atoms with Gasteiger partial charge in [-0.25, -0.2) is 13.4 Å². The highest BCUT2D eigenvalue weighted by Crippen LogP contribution is 2.40. The Kier molecular flexibility index (Phi) is 3.92. The van der Waals surface area contributed by atoms with Crippen molar-refractivity contribution in [3.63, 3.8) is 0 Å². The lowest BCUT2D eigenvalue weighted by Crippen LogP contribution is -2.40. The molecule has 0 saturated carbocycles. The second kappa shape index (κ2) is 5.57. The summed E-state index contributed by atoms with van der Waals surface area (Å²) in [5.41, 5.74) is 0.835. The molecule has 2 aliphatic rings. The number of hydrogen-bond acceptors (Lipinski definition) is 7. The summed E-state index contributed by atoms with van der Waals surface area (Å²) >= 11 is 1.58. The van der Waals surface area contributed by atoms with Gasteiger partial charge in [-0.1, -0.05) is 0 Å². The second-order valence-electron chi connectivity index (χ2n) is 5.29. The SMILES string of the molecule is CCOC(=O)C1CCc2sc(N3CCS(=O)(=O)CC3)nc21. The number of aryl methyl sites for hydroxylation is 1. The minimum absolute atomic E-state index is 0.179. The van der Waals surface area contributed by atoms with Crippen molar-refractivity contribution >= 4 is 32.3 Å². The minimum Gasteiger partial charge on any atom is -0.465 e. The number of sulfone groups is 1. The number of esters is 1. The van der Waals surface area contributed by atoms with Crippen molar-refractivity contribution in [2.45, 2.75) is 25.7 Å². The Labute approximate surface area is 128 Å².